The van der Waals surface area contributed by atoms with Crippen LogP contribution in [0.3, 0.4) is 0 Å². The fourth-order valence-electron chi connectivity index (χ4n) is 5.02. The van der Waals surface area contributed by atoms with E-state index in [2.05, 4.69) is 30.8 Å². The van der Waals surface area contributed by atoms with Crippen molar-refractivity contribution in [1.82, 2.24) is 14.5 Å². The van der Waals surface area contributed by atoms with Gasteiger partial charge in [0.05, 0.1) is 24.2 Å². The standard InChI is InChI=1S/C25H30N4O5S/c1-17-12-28(13-18(2)29(17)21-15-33-16-21)35(31,32)22-6-4-19(5-7-22)11-26-25(30)23-10-20-8-9-27(3)14-24(20)34-23/h4-8,10,14,17-18,21H,3,9,11-13,15-16H2,1-2H3/p+1. The molecule has 1 amide bonds. The highest BCUT2D eigenvalue weighted by Crippen LogP contribution is 2.27. The van der Waals surface area contributed by atoms with Crippen LogP contribution in [0.15, 0.2) is 39.6 Å². The number of ether oxygens (including phenoxy) is 1. The van der Waals surface area contributed by atoms with Gasteiger partial charge in [-0.05, 0) is 43.7 Å². The molecule has 2 fully saturated rings. The minimum atomic E-state index is -3.61. The van der Waals surface area contributed by atoms with Gasteiger partial charge in [0, 0.05) is 36.9 Å². The van der Waals surface area contributed by atoms with E-state index in [4.69, 9.17) is 9.15 Å². The average Bonchev–Trinajstić information content (AvgIpc) is 3.22. The zero-order valence-electron chi connectivity index (χ0n) is 20.0. The summed E-state index contributed by atoms with van der Waals surface area (Å²) in [7, 11) is -3.61. The molecule has 1 aromatic carbocycles. The Morgan fingerprint density at radius 2 is 1.86 bits per heavy atom. The summed E-state index contributed by atoms with van der Waals surface area (Å²) >= 11 is 0. The van der Waals surface area contributed by atoms with Crippen LogP contribution in [-0.2, 0) is 21.3 Å². The molecule has 4 heterocycles. The predicted octanol–water partition coefficient (Wildman–Crippen LogP) is -0.0631. The van der Waals surface area contributed by atoms with Gasteiger partial charge in [-0.25, -0.2) is 13.0 Å². The first kappa shape index (κ1) is 23.9. The van der Waals surface area contributed by atoms with E-state index in [1.165, 1.54) is 0 Å². The maximum Gasteiger partial charge on any atom is 0.287 e. The molecule has 0 radical (unpaired) electrons. The first-order valence-corrected chi connectivity index (χ1v) is 13.3. The fourth-order valence-corrected chi connectivity index (χ4v) is 6.62. The highest BCUT2D eigenvalue weighted by atomic mass is 32.2. The van der Waals surface area contributed by atoms with Gasteiger partial charge in [-0.3, -0.25) is 9.69 Å². The summed E-state index contributed by atoms with van der Waals surface area (Å²) in [6.07, 6.45) is 3.71. The second kappa shape index (κ2) is 9.34. The third-order valence-corrected chi connectivity index (χ3v) is 8.72. The molecule has 2 unspecified atom stereocenters. The van der Waals surface area contributed by atoms with Crippen molar-refractivity contribution in [1.29, 1.82) is 0 Å². The quantitative estimate of drug-likeness (QED) is 0.560. The van der Waals surface area contributed by atoms with E-state index in [0.29, 0.717) is 44.3 Å². The van der Waals surface area contributed by atoms with Crippen LogP contribution in [0.4, 0.5) is 0 Å². The Morgan fingerprint density at radius 3 is 2.49 bits per heavy atom. The number of fused-ring (bicyclic) bond motifs is 1. The Labute approximate surface area is 205 Å². The van der Waals surface area contributed by atoms with Crippen LogP contribution in [0.2, 0.25) is 0 Å². The number of hydrogen-bond donors (Lipinski definition) is 1. The lowest BCUT2D eigenvalue weighted by Crippen LogP contribution is -2.64. The van der Waals surface area contributed by atoms with Crippen molar-refractivity contribution in [3.8, 4) is 0 Å². The summed E-state index contributed by atoms with van der Waals surface area (Å²) < 4.78 is 40.9. The Morgan fingerprint density at radius 1 is 1.17 bits per heavy atom. The fraction of sp³-hybridized carbons (Fsp3) is 0.440. The monoisotopic (exact) mass is 499 g/mol. The molecule has 0 saturated carbocycles. The summed E-state index contributed by atoms with van der Waals surface area (Å²) in [5.41, 5.74) is 1.41. The molecule has 3 aliphatic heterocycles. The maximum absolute atomic E-state index is 13.3. The molecule has 0 bridgehead atoms. The summed E-state index contributed by atoms with van der Waals surface area (Å²) in [5, 5.41) is 3.70. The summed E-state index contributed by atoms with van der Waals surface area (Å²) in [5.74, 6) is -0.0981. The van der Waals surface area contributed by atoms with Crippen LogP contribution >= 0.6 is 0 Å². The highest BCUT2D eigenvalue weighted by Gasteiger charge is 2.41. The second-order valence-electron chi connectivity index (χ2n) is 9.52. The number of hydrogen-bond acceptors (Lipinski definition) is 6. The first-order valence-electron chi connectivity index (χ1n) is 11.8. The number of carbonyl (C=O) groups is 1. The minimum absolute atomic E-state index is 0.121. The number of carbonyl (C=O) groups excluding carboxylic acids is 1. The molecule has 0 aliphatic carbocycles. The molecule has 3 aliphatic rings. The molecule has 2 atom stereocenters. The van der Waals surface area contributed by atoms with Crippen molar-refractivity contribution in [2.45, 2.75) is 43.4 Å². The number of sulfonamides is 1. The van der Waals surface area contributed by atoms with Gasteiger partial charge in [-0.2, -0.15) is 4.31 Å². The van der Waals surface area contributed by atoms with Crippen LogP contribution in [-0.4, -0.2) is 85.8 Å². The van der Waals surface area contributed by atoms with Crippen molar-refractivity contribution in [3.63, 3.8) is 0 Å². The molecule has 1 aromatic heterocycles. The molecule has 5 rings (SSSR count). The van der Waals surface area contributed by atoms with Crippen LogP contribution in [0.5, 0.6) is 0 Å². The molecule has 186 valence electrons. The zero-order chi connectivity index (χ0) is 24.7. The molecule has 10 heteroatoms. The van der Waals surface area contributed by atoms with Gasteiger partial charge < -0.3 is 14.5 Å². The summed E-state index contributed by atoms with van der Waals surface area (Å²) in [4.78, 5) is 15.2. The largest absolute Gasteiger partial charge is 0.445 e. The molecule has 2 saturated heterocycles. The van der Waals surface area contributed by atoms with Crippen LogP contribution in [0.25, 0.3) is 12.3 Å². The molecular weight excluding hydrogens is 468 g/mol. The topological polar surface area (TPSA) is 95.1 Å². The van der Waals surface area contributed by atoms with Gasteiger partial charge in [0.1, 0.15) is 6.72 Å². The first-order chi connectivity index (χ1) is 16.7. The van der Waals surface area contributed by atoms with Crippen molar-refractivity contribution in [2.75, 3.05) is 32.8 Å². The number of rotatable bonds is 6. The molecule has 9 nitrogen and oxygen atoms in total. The molecule has 1 N–H and O–H groups in total. The highest BCUT2D eigenvalue weighted by molar-refractivity contribution is 7.89. The van der Waals surface area contributed by atoms with Gasteiger partial charge in [0.2, 0.25) is 16.2 Å². The SMILES string of the molecule is C=[N+]1C=c2oc(C(=O)NCc3ccc(S(=O)(=O)N4CC(C)N(C5COC5)C(C)C4)cc3)cc2=CC1. The van der Waals surface area contributed by atoms with Gasteiger partial charge in [0.15, 0.2) is 17.7 Å². The lowest BCUT2D eigenvalue weighted by atomic mass is 10.0. The summed E-state index contributed by atoms with van der Waals surface area (Å²) in [6.45, 7) is 11.2. The number of furan rings is 1. The van der Waals surface area contributed by atoms with Crippen LogP contribution in [0, 0.1) is 0 Å². The van der Waals surface area contributed by atoms with E-state index in [0.717, 1.165) is 10.8 Å². The predicted molar refractivity (Wildman–Crippen MR) is 131 cm³/mol. The number of benzene rings is 1. The Hall–Kier alpha value is -2.79. The lowest BCUT2D eigenvalue weighted by molar-refractivity contribution is -0.396. The number of nitrogens with one attached hydrogen (secondary N) is 1. The Balaban J connectivity index is 1.22. The Bertz CT molecular complexity index is 1350. The third kappa shape index (κ3) is 4.71. The van der Waals surface area contributed by atoms with E-state index in [-0.39, 0.29) is 35.2 Å². The Kier molecular flexibility index (Phi) is 6.39. The van der Waals surface area contributed by atoms with Crippen molar-refractivity contribution >= 4 is 34.9 Å². The van der Waals surface area contributed by atoms with Gasteiger partial charge in [-0.15, -0.1) is 0 Å². The smallest absolute Gasteiger partial charge is 0.287 e. The number of piperazine rings is 1. The molecule has 35 heavy (non-hydrogen) atoms. The van der Waals surface area contributed by atoms with E-state index < -0.39 is 10.0 Å². The molecule has 0 spiro atoms. The maximum atomic E-state index is 13.3. The molecular formula is C25H31N4O5S+. The van der Waals surface area contributed by atoms with E-state index in [1.807, 2.05) is 6.08 Å². The zero-order valence-corrected chi connectivity index (χ0v) is 20.8. The van der Waals surface area contributed by atoms with E-state index >= 15 is 0 Å². The number of nitrogens with zero attached hydrogens (tertiary/aromatic N) is 3. The minimum Gasteiger partial charge on any atom is -0.445 e. The van der Waals surface area contributed by atoms with Gasteiger partial charge >= 0.3 is 0 Å². The van der Waals surface area contributed by atoms with Gasteiger partial charge in [-0.1, -0.05) is 12.1 Å². The van der Waals surface area contributed by atoms with Crippen LogP contribution < -0.4 is 16.0 Å². The average molecular weight is 500 g/mol. The number of amides is 1. The van der Waals surface area contributed by atoms with Crippen molar-refractivity contribution in [2.24, 2.45) is 0 Å². The summed E-state index contributed by atoms with van der Waals surface area (Å²) in [6, 6.07) is 9.01. The lowest BCUT2D eigenvalue weighted by Gasteiger charge is -2.49. The van der Waals surface area contributed by atoms with E-state index in [9.17, 15) is 13.2 Å². The van der Waals surface area contributed by atoms with Crippen molar-refractivity contribution < 1.29 is 26.9 Å². The van der Waals surface area contributed by atoms with Crippen LogP contribution in [0.1, 0.15) is 30.0 Å². The third-order valence-electron chi connectivity index (χ3n) is 6.87. The second-order valence-corrected chi connectivity index (χ2v) is 11.5. The van der Waals surface area contributed by atoms with E-state index in [1.54, 1.807) is 45.4 Å². The molecule has 2 aromatic rings. The van der Waals surface area contributed by atoms with Crippen molar-refractivity contribution in [3.05, 3.63) is 52.3 Å². The normalized spacial score (nSPS) is 23.7. The van der Waals surface area contributed by atoms with Gasteiger partial charge in [0.25, 0.3) is 5.91 Å².